The topological polar surface area (TPSA) is 37.7 Å². The SMILES string of the molecule is CCN1CCN(C(=O)CC(c2ccc(Cl)c(C(F)(F)F)c2)c2cn(Cc3ccc(OC)cc3)c3ccccc23)CC1. The second-order valence-corrected chi connectivity index (χ2v) is 10.8. The van der Waals surface area contributed by atoms with E-state index in [1.807, 2.05) is 59.6 Å². The van der Waals surface area contributed by atoms with Gasteiger partial charge in [0.15, 0.2) is 0 Å². The highest BCUT2D eigenvalue weighted by Crippen LogP contribution is 2.40. The van der Waals surface area contributed by atoms with E-state index in [1.165, 1.54) is 6.07 Å². The third-order valence-corrected chi connectivity index (χ3v) is 8.29. The molecular formula is C32H33ClF3N3O2. The van der Waals surface area contributed by atoms with Gasteiger partial charge in [0.2, 0.25) is 5.91 Å². The molecule has 5 nitrogen and oxygen atoms in total. The van der Waals surface area contributed by atoms with E-state index in [-0.39, 0.29) is 17.4 Å². The molecule has 1 amide bonds. The van der Waals surface area contributed by atoms with Crippen LogP contribution in [0.25, 0.3) is 10.9 Å². The summed E-state index contributed by atoms with van der Waals surface area (Å²) in [4.78, 5) is 17.7. The van der Waals surface area contributed by atoms with Crippen molar-refractivity contribution in [1.82, 2.24) is 14.4 Å². The van der Waals surface area contributed by atoms with Crippen LogP contribution >= 0.6 is 11.6 Å². The number of halogens is 4. The van der Waals surface area contributed by atoms with Crippen molar-refractivity contribution < 1.29 is 22.7 Å². The normalized spacial score (nSPS) is 15.3. The third kappa shape index (κ3) is 6.39. The molecule has 0 aliphatic carbocycles. The lowest BCUT2D eigenvalue weighted by Crippen LogP contribution is -2.48. The maximum atomic E-state index is 13.9. The molecule has 0 radical (unpaired) electrons. The first kappa shape index (κ1) is 29.0. The molecule has 1 saturated heterocycles. The number of rotatable bonds is 8. The molecule has 1 unspecified atom stereocenters. The number of hydrogen-bond donors (Lipinski definition) is 0. The molecule has 0 saturated carbocycles. The smallest absolute Gasteiger partial charge is 0.417 e. The van der Waals surface area contributed by atoms with Crippen molar-refractivity contribution in [3.8, 4) is 5.75 Å². The number of para-hydroxylation sites is 1. The predicted molar refractivity (Wildman–Crippen MR) is 156 cm³/mol. The van der Waals surface area contributed by atoms with Crippen molar-refractivity contribution in [2.24, 2.45) is 0 Å². The Bertz CT molecular complexity index is 1510. The first-order valence-electron chi connectivity index (χ1n) is 13.8. The number of amides is 1. The van der Waals surface area contributed by atoms with E-state index in [0.29, 0.717) is 25.2 Å². The number of hydrogen-bond acceptors (Lipinski definition) is 3. The number of ether oxygens (including phenoxy) is 1. The van der Waals surface area contributed by atoms with Crippen LogP contribution in [0.15, 0.2) is 72.9 Å². The predicted octanol–water partition coefficient (Wildman–Crippen LogP) is 7.06. The van der Waals surface area contributed by atoms with Gasteiger partial charge in [-0.2, -0.15) is 13.2 Å². The van der Waals surface area contributed by atoms with Gasteiger partial charge >= 0.3 is 6.18 Å². The number of methoxy groups -OCH3 is 1. The second-order valence-electron chi connectivity index (χ2n) is 10.4. The number of piperazine rings is 1. The van der Waals surface area contributed by atoms with E-state index in [9.17, 15) is 18.0 Å². The lowest BCUT2D eigenvalue weighted by molar-refractivity contribution is -0.137. The third-order valence-electron chi connectivity index (χ3n) is 7.96. The fraction of sp³-hybridized carbons (Fsp3) is 0.344. The van der Waals surface area contributed by atoms with Crippen LogP contribution in [0.1, 0.15) is 41.5 Å². The summed E-state index contributed by atoms with van der Waals surface area (Å²) in [6.07, 6.45) is -2.58. The number of nitrogens with zero attached hydrogens (tertiary/aromatic N) is 3. The van der Waals surface area contributed by atoms with Crippen LogP contribution in [-0.4, -0.2) is 60.1 Å². The van der Waals surface area contributed by atoms with Gasteiger partial charge in [-0.1, -0.05) is 54.9 Å². The summed E-state index contributed by atoms with van der Waals surface area (Å²) in [5.41, 5.74) is 2.31. The van der Waals surface area contributed by atoms with Crippen LogP contribution < -0.4 is 4.74 Å². The van der Waals surface area contributed by atoms with Crippen molar-refractivity contribution in [3.05, 3.63) is 100 Å². The standard InChI is InChI=1S/C32H33ClF3N3O2/c1-3-37-14-16-38(17-15-37)31(40)19-26(23-10-13-29(33)28(18-23)32(34,35)36)27-21-39(30-7-5-4-6-25(27)30)20-22-8-11-24(41-2)12-9-22/h4-13,18,21,26H,3,14-17,19-20H2,1-2H3. The molecular weight excluding hydrogens is 551 g/mol. The Morgan fingerprint density at radius 1 is 1.00 bits per heavy atom. The van der Waals surface area contributed by atoms with E-state index in [2.05, 4.69) is 16.4 Å². The molecule has 4 aromatic rings. The number of likely N-dealkylation sites (N-methyl/N-ethyl adjacent to an activating group) is 1. The molecule has 0 spiro atoms. The Kier molecular flexibility index (Phi) is 8.61. The first-order valence-corrected chi connectivity index (χ1v) is 14.1. The summed E-state index contributed by atoms with van der Waals surface area (Å²) in [6, 6.07) is 19.6. The van der Waals surface area contributed by atoms with Gasteiger partial charge in [-0.05, 0) is 53.6 Å². The zero-order chi connectivity index (χ0) is 29.1. The Balaban J connectivity index is 1.56. The molecule has 0 bridgehead atoms. The molecule has 1 fully saturated rings. The average Bonchev–Trinajstić information content (AvgIpc) is 3.34. The largest absolute Gasteiger partial charge is 0.497 e. The molecule has 5 rings (SSSR count). The van der Waals surface area contributed by atoms with Gasteiger partial charge in [-0.3, -0.25) is 4.79 Å². The van der Waals surface area contributed by atoms with Gasteiger partial charge in [0.1, 0.15) is 5.75 Å². The zero-order valence-electron chi connectivity index (χ0n) is 23.1. The second kappa shape index (κ2) is 12.2. The molecule has 41 heavy (non-hydrogen) atoms. The van der Waals surface area contributed by atoms with Gasteiger partial charge in [0.05, 0.1) is 17.7 Å². The quantitative estimate of drug-likeness (QED) is 0.223. The van der Waals surface area contributed by atoms with E-state index < -0.39 is 17.7 Å². The molecule has 0 N–H and O–H groups in total. The van der Waals surface area contributed by atoms with Crippen LogP contribution in [0.5, 0.6) is 5.75 Å². The molecule has 9 heteroatoms. The minimum absolute atomic E-state index is 0.0571. The number of benzene rings is 3. The zero-order valence-corrected chi connectivity index (χ0v) is 23.9. The van der Waals surface area contributed by atoms with Gasteiger partial charge in [-0.15, -0.1) is 0 Å². The lowest BCUT2D eigenvalue weighted by Gasteiger charge is -2.35. The highest BCUT2D eigenvalue weighted by atomic mass is 35.5. The van der Waals surface area contributed by atoms with E-state index >= 15 is 0 Å². The van der Waals surface area contributed by atoms with E-state index in [1.54, 1.807) is 13.2 Å². The van der Waals surface area contributed by atoms with Crippen molar-refractivity contribution in [2.75, 3.05) is 39.8 Å². The van der Waals surface area contributed by atoms with Crippen LogP contribution in [0.4, 0.5) is 13.2 Å². The first-order chi connectivity index (χ1) is 19.7. The monoisotopic (exact) mass is 583 g/mol. The highest BCUT2D eigenvalue weighted by Gasteiger charge is 2.35. The minimum Gasteiger partial charge on any atom is -0.497 e. The van der Waals surface area contributed by atoms with Crippen molar-refractivity contribution >= 4 is 28.4 Å². The Hall–Kier alpha value is -3.49. The van der Waals surface area contributed by atoms with Crippen LogP contribution in [0.3, 0.4) is 0 Å². The summed E-state index contributed by atoms with van der Waals surface area (Å²) in [7, 11) is 1.62. The Morgan fingerprint density at radius 2 is 1.71 bits per heavy atom. The molecule has 1 aliphatic heterocycles. The Morgan fingerprint density at radius 3 is 2.37 bits per heavy atom. The van der Waals surface area contributed by atoms with Gasteiger partial charge in [0.25, 0.3) is 0 Å². The number of alkyl halides is 3. The molecule has 1 atom stereocenters. The summed E-state index contributed by atoms with van der Waals surface area (Å²) < 4.78 is 49.1. The highest BCUT2D eigenvalue weighted by molar-refractivity contribution is 6.31. The van der Waals surface area contributed by atoms with Crippen molar-refractivity contribution in [3.63, 3.8) is 0 Å². The van der Waals surface area contributed by atoms with Crippen LogP contribution in [0, 0.1) is 0 Å². The average molecular weight is 584 g/mol. The van der Waals surface area contributed by atoms with Gasteiger partial charge in [0, 0.05) is 62.2 Å². The van der Waals surface area contributed by atoms with E-state index in [4.69, 9.17) is 16.3 Å². The lowest BCUT2D eigenvalue weighted by atomic mass is 9.87. The molecule has 3 aromatic carbocycles. The number of aromatic nitrogens is 1. The van der Waals surface area contributed by atoms with Crippen molar-refractivity contribution in [1.29, 1.82) is 0 Å². The number of carbonyl (C=O) groups excluding carboxylic acids is 1. The van der Waals surface area contributed by atoms with Crippen LogP contribution in [0.2, 0.25) is 5.02 Å². The maximum Gasteiger partial charge on any atom is 0.417 e. The van der Waals surface area contributed by atoms with Gasteiger partial charge < -0.3 is 19.1 Å². The molecule has 1 aliphatic rings. The fourth-order valence-electron chi connectivity index (χ4n) is 5.61. The summed E-state index contributed by atoms with van der Waals surface area (Å²) in [6.45, 7) is 6.34. The Labute approximate surface area is 243 Å². The van der Waals surface area contributed by atoms with Gasteiger partial charge in [-0.25, -0.2) is 0 Å². The molecule has 2 heterocycles. The summed E-state index contributed by atoms with van der Waals surface area (Å²) >= 11 is 5.98. The number of fused-ring (bicyclic) bond motifs is 1. The summed E-state index contributed by atoms with van der Waals surface area (Å²) in [5, 5.41) is 0.544. The fourth-order valence-corrected chi connectivity index (χ4v) is 5.84. The minimum atomic E-state index is -4.61. The molecule has 1 aromatic heterocycles. The molecule has 216 valence electrons. The van der Waals surface area contributed by atoms with Crippen molar-refractivity contribution in [2.45, 2.75) is 32.0 Å². The summed E-state index contributed by atoms with van der Waals surface area (Å²) in [5.74, 6) is 0.0988. The number of carbonyl (C=O) groups is 1. The van der Waals surface area contributed by atoms with Crippen LogP contribution in [-0.2, 0) is 17.5 Å². The van der Waals surface area contributed by atoms with E-state index in [0.717, 1.165) is 53.5 Å². The maximum absolute atomic E-state index is 13.9.